The van der Waals surface area contributed by atoms with Crippen molar-refractivity contribution in [2.45, 2.75) is 65.3 Å². The molecule has 2 N–H and O–H groups in total. The van der Waals surface area contributed by atoms with Crippen LogP contribution in [0, 0.1) is 0 Å². The van der Waals surface area contributed by atoms with E-state index in [1.807, 2.05) is 0 Å². The van der Waals surface area contributed by atoms with Crippen molar-refractivity contribution in [1.29, 1.82) is 0 Å². The van der Waals surface area contributed by atoms with Crippen molar-refractivity contribution >= 4 is 47.0 Å². The van der Waals surface area contributed by atoms with E-state index in [1.54, 1.807) is 34.9 Å². The van der Waals surface area contributed by atoms with Crippen molar-refractivity contribution in [1.82, 2.24) is 14.9 Å². The second kappa shape index (κ2) is 13.1. The first-order chi connectivity index (χ1) is 18.1. The van der Waals surface area contributed by atoms with Crippen molar-refractivity contribution in [3.8, 4) is 11.5 Å². The van der Waals surface area contributed by atoms with Crippen LogP contribution in [0.2, 0.25) is 10.3 Å². The molecule has 12 nitrogen and oxygen atoms in total. The lowest BCUT2D eigenvalue weighted by Gasteiger charge is -2.29. The fourth-order valence-corrected chi connectivity index (χ4v) is 2.88. The highest BCUT2D eigenvalue weighted by Gasteiger charge is 2.35. The molecule has 2 heterocycles. The summed E-state index contributed by atoms with van der Waals surface area (Å²) in [7, 11) is 3.19. The number of rotatable bonds is 8. The number of halogens is 2. The Hall–Kier alpha value is -3.64. The van der Waals surface area contributed by atoms with Gasteiger partial charge in [-0.05, 0) is 72.7 Å². The van der Waals surface area contributed by atoms with Crippen LogP contribution in [0.5, 0.6) is 11.5 Å². The molecule has 1 amide bonds. The average Bonchev–Trinajstić information content (AvgIpc) is 2.80. The summed E-state index contributed by atoms with van der Waals surface area (Å²) >= 11 is 11.8. The molecule has 0 aliphatic carbocycles. The van der Waals surface area contributed by atoms with Gasteiger partial charge in [-0.3, -0.25) is 4.79 Å². The van der Waals surface area contributed by atoms with Crippen molar-refractivity contribution in [3.05, 3.63) is 46.0 Å². The highest BCUT2D eigenvalue weighted by Crippen LogP contribution is 2.28. The van der Waals surface area contributed by atoms with Crippen LogP contribution in [0.1, 0.15) is 69.4 Å². The minimum Gasteiger partial charge on any atom is -0.478 e. The number of aliphatic carboxylic acids is 1. The van der Waals surface area contributed by atoms with Gasteiger partial charge in [-0.1, -0.05) is 23.2 Å². The molecule has 0 atom stereocenters. The predicted molar refractivity (Wildman–Crippen MR) is 146 cm³/mol. The van der Waals surface area contributed by atoms with Crippen LogP contribution in [0.4, 0.5) is 0 Å². The van der Waals surface area contributed by atoms with Gasteiger partial charge in [-0.15, -0.1) is 0 Å². The van der Waals surface area contributed by atoms with Gasteiger partial charge in [0.15, 0.2) is 33.0 Å². The van der Waals surface area contributed by atoms with E-state index in [1.165, 1.54) is 56.9 Å². The number of pyridine rings is 2. The topological polar surface area (TPSA) is 165 Å². The van der Waals surface area contributed by atoms with Crippen LogP contribution >= 0.6 is 23.2 Å². The van der Waals surface area contributed by atoms with Crippen molar-refractivity contribution in [2.24, 2.45) is 0 Å². The maximum absolute atomic E-state index is 12.1. The number of hydrogen-bond acceptors (Lipinski definition) is 9. The molecule has 0 fully saturated rings. The lowest BCUT2D eigenvalue weighted by Crippen LogP contribution is -2.43. The van der Waals surface area contributed by atoms with Gasteiger partial charge in [0.25, 0.3) is 5.91 Å². The third kappa shape index (κ3) is 10.2. The second-order valence-corrected chi connectivity index (χ2v) is 11.2. The molecule has 14 heteroatoms. The normalized spacial score (nSPS) is 11.5. The number of carboxylic acids is 2. The maximum atomic E-state index is 12.1. The van der Waals surface area contributed by atoms with Crippen LogP contribution < -0.4 is 9.47 Å². The fraction of sp³-hybridized carbons (Fsp3) is 0.462. The van der Waals surface area contributed by atoms with Gasteiger partial charge < -0.3 is 29.3 Å². The van der Waals surface area contributed by atoms with E-state index in [-0.39, 0.29) is 39.1 Å². The zero-order chi connectivity index (χ0) is 31.2. The number of carboxylic acid groups (broad SMARTS) is 2. The fourth-order valence-electron chi connectivity index (χ4n) is 2.50. The van der Waals surface area contributed by atoms with Gasteiger partial charge in [0, 0.05) is 14.1 Å². The first-order valence-corrected chi connectivity index (χ1v) is 12.5. The number of aromatic nitrogens is 2. The summed E-state index contributed by atoms with van der Waals surface area (Å²) < 4.78 is 16.0. The highest BCUT2D eigenvalue weighted by molar-refractivity contribution is 6.31. The van der Waals surface area contributed by atoms with Gasteiger partial charge in [-0.2, -0.15) is 0 Å². The first-order valence-electron chi connectivity index (χ1n) is 11.7. The summed E-state index contributed by atoms with van der Waals surface area (Å²) in [6.45, 7) is 11.1. The summed E-state index contributed by atoms with van der Waals surface area (Å²) in [5, 5.41) is 17.6. The molecular weight excluding hydrogens is 569 g/mol. The number of carbonyl (C=O) groups excluding carboxylic acids is 2. The van der Waals surface area contributed by atoms with Crippen LogP contribution in [0.3, 0.4) is 0 Å². The molecule has 0 aliphatic rings. The summed E-state index contributed by atoms with van der Waals surface area (Å²) in [5.41, 5.74) is -3.41. The SMILES string of the molecule is CC(C)(C)OC(=O)C(C)(C)Oc1ccc(C(=O)O)nc1Cl.CN(C)C(=O)c1ccc(OC(C)(C)C(=O)O)c(Cl)n1. The molecule has 40 heavy (non-hydrogen) atoms. The molecule has 0 spiro atoms. The van der Waals surface area contributed by atoms with E-state index in [0.29, 0.717) is 0 Å². The Kier molecular flexibility index (Phi) is 11.3. The van der Waals surface area contributed by atoms with E-state index >= 15 is 0 Å². The largest absolute Gasteiger partial charge is 0.478 e. The van der Waals surface area contributed by atoms with Crippen LogP contribution in [-0.4, -0.2) is 79.8 Å². The molecule has 220 valence electrons. The number of aromatic carboxylic acids is 1. The summed E-state index contributed by atoms with van der Waals surface area (Å²) in [6.07, 6.45) is 0. The van der Waals surface area contributed by atoms with E-state index in [9.17, 15) is 19.2 Å². The zero-order valence-corrected chi connectivity index (χ0v) is 25.2. The van der Waals surface area contributed by atoms with Crippen molar-refractivity contribution in [3.63, 3.8) is 0 Å². The van der Waals surface area contributed by atoms with Gasteiger partial charge >= 0.3 is 17.9 Å². The average molecular weight is 602 g/mol. The second-order valence-electron chi connectivity index (χ2n) is 10.5. The van der Waals surface area contributed by atoms with Gasteiger partial charge in [0.1, 0.15) is 17.0 Å². The number of carbonyl (C=O) groups is 4. The Morgan fingerprint density at radius 2 is 1.18 bits per heavy atom. The Morgan fingerprint density at radius 3 is 1.55 bits per heavy atom. The monoisotopic (exact) mass is 601 g/mol. The third-order valence-corrected chi connectivity index (χ3v) is 5.15. The van der Waals surface area contributed by atoms with Gasteiger partial charge in [0.05, 0.1) is 0 Å². The minimum atomic E-state index is -1.43. The predicted octanol–water partition coefficient (Wildman–Crippen LogP) is 4.61. The number of ether oxygens (including phenoxy) is 3. The number of esters is 1. The van der Waals surface area contributed by atoms with Gasteiger partial charge in [-0.25, -0.2) is 24.4 Å². The molecule has 2 aromatic heterocycles. The highest BCUT2D eigenvalue weighted by atomic mass is 35.5. The summed E-state index contributed by atoms with van der Waals surface area (Å²) in [6, 6.07) is 5.46. The van der Waals surface area contributed by atoms with E-state index < -0.39 is 34.7 Å². The van der Waals surface area contributed by atoms with Gasteiger partial charge in [0.2, 0.25) is 0 Å². The molecule has 0 unspecified atom stereocenters. The number of amides is 1. The Bertz CT molecular complexity index is 1270. The summed E-state index contributed by atoms with van der Waals surface area (Å²) in [5.74, 6) is -2.96. The smallest absolute Gasteiger partial charge is 0.354 e. The molecule has 0 aliphatic heterocycles. The molecule has 0 radical (unpaired) electrons. The maximum Gasteiger partial charge on any atom is 0.354 e. The van der Waals surface area contributed by atoms with Crippen LogP contribution in [0.25, 0.3) is 0 Å². The lowest BCUT2D eigenvalue weighted by atomic mass is 10.1. The molecule has 0 aromatic carbocycles. The van der Waals surface area contributed by atoms with E-state index in [4.69, 9.17) is 47.6 Å². The molecule has 0 bridgehead atoms. The Balaban J connectivity index is 0.000000402. The Labute approximate surface area is 242 Å². The van der Waals surface area contributed by atoms with E-state index in [2.05, 4.69) is 9.97 Å². The standard InChI is InChI=1S/C14H18ClNO5.C12H15ClN2O4/c1-13(2,3)21-12(19)14(4,5)20-9-7-6-8(11(17)18)16-10(9)15;1-12(2,11(17)18)19-8-6-5-7(14-9(8)13)10(16)15(3)4/h6-7H,1-5H3,(H,17,18);5-6H,1-4H3,(H,17,18). The van der Waals surface area contributed by atoms with Crippen LogP contribution in [-0.2, 0) is 14.3 Å². The lowest BCUT2D eigenvalue weighted by molar-refractivity contribution is -0.171. The molecule has 0 saturated carbocycles. The third-order valence-electron chi connectivity index (χ3n) is 4.61. The van der Waals surface area contributed by atoms with E-state index in [0.717, 1.165) is 0 Å². The quantitative estimate of drug-likeness (QED) is 0.320. The first kappa shape index (κ1) is 34.4. The number of hydrogen-bond donors (Lipinski definition) is 2. The zero-order valence-electron chi connectivity index (χ0n) is 23.7. The molecule has 0 saturated heterocycles. The summed E-state index contributed by atoms with van der Waals surface area (Å²) in [4.78, 5) is 54.4. The number of nitrogens with zero attached hydrogens (tertiary/aromatic N) is 3. The van der Waals surface area contributed by atoms with Crippen LogP contribution in [0.15, 0.2) is 24.3 Å². The molecule has 2 aromatic rings. The minimum absolute atomic E-state index is 0.0537. The van der Waals surface area contributed by atoms with Crippen molar-refractivity contribution < 1.29 is 43.6 Å². The molecular formula is C26H33Cl2N3O9. The molecule has 2 rings (SSSR count). The Morgan fingerprint density at radius 1 is 0.750 bits per heavy atom. The van der Waals surface area contributed by atoms with Crippen molar-refractivity contribution in [2.75, 3.05) is 14.1 Å².